The number of nitrogens with two attached hydrogens (primary N) is 7. The minimum absolute atomic E-state index is 0.0694. The lowest BCUT2D eigenvalue weighted by Crippen LogP contribution is -2.46. The van der Waals surface area contributed by atoms with Gasteiger partial charge in [-0.3, -0.25) is 57.5 Å². The predicted octanol–water partition coefficient (Wildman–Crippen LogP) is 0.113. The Bertz CT molecular complexity index is 1910. The number of hydrogen-bond acceptors (Lipinski definition) is 17. The molecule has 81 heavy (non-hydrogen) atoms. The van der Waals surface area contributed by atoms with Gasteiger partial charge < -0.3 is 72.0 Å². The third kappa shape index (κ3) is 41.8. The molecule has 7 atom stereocenters. The van der Waals surface area contributed by atoms with Crippen LogP contribution in [0.1, 0.15) is 188 Å². The molecule has 466 valence electrons. The summed E-state index contributed by atoms with van der Waals surface area (Å²) in [6, 6.07) is -2.37. The number of carbonyl (C=O) groups is 12. The number of amides is 8. The van der Waals surface area contributed by atoms with Crippen LogP contribution < -0.4 is 72.0 Å². The number of Topliss-reactive ketones (excluding diaryl/α,β-unsaturated/α-hetero) is 4. The van der Waals surface area contributed by atoms with Crippen LogP contribution in [0.2, 0.25) is 0 Å². The van der Waals surface area contributed by atoms with Crippen LogP contribution in [0.25, 0.3) is 0 Å². The molecule has 0 saturated carbocycles. The summed E-state index contributed by atoms with van der Waals surface area (Å²) in [7, 11) is 0. The summed E-state index contributed by atoms with van der Waals surface area (Å²) in [4.78, 5) is 148. The number of hydrogen-bond donors (Lipinski definition) is 13. The van der Waals surface area contributed by atoms with E-state index in [-0.39, 0.29) is 79.0 Å². The van der Waals surface area contributed by atoms with Gasteiger partial charge in [-0.25, -0.2) is 0 Å². The summed E-state index contributed by atoms with van der Waals surface area (Å²) in [5.41, 5.74) is 38.9. The molecule has 25 nitrogen and oxygen atoms in total. The third-order valence-electron chi connectivity index (χ3n) is 13.6. The molecule has 0 rings (SSSR count). The highest BCUT2D eigenvalue weighted by molar-refractivity contribution is 5.96. The van der Waals surface area contributed by atoms with Crippen LogP contribution in [0.15, 0.2) is 0 Å². The summed E-state index contributed by atoms with van der Waals surface area (Å²) in [6.07, 6.45) is 11.5. The van der Waals surface area contributed by atoms with Gasteiger partial charge in [0.25, 0.3) is 0 Å². The van der Waals surface area contributed by atoms with Gasteiger partial charge in [0.05, 0.1) is 24.7 Å². The minimum Gasteiger partial charge on any atom is -0.369 e. The number of ketones is 4. The van der Waals surface area contributed by atoms with E-state index in [1.54, 1.807) is 0 Å². The lowest BCUT2D eigenvalue weighted by atomic mass is 9.89. The van der Waals surface area contributed by atoms with Crippen molar-refractivity contribution < 1.29 is 57.5 Å². The second kappa shape index (κ2) is 48.9. The molecule has 0 spiro atoms. The first-order chi connectivity index (χ1) is 38.5. The first-order valence-corrected chi connectivity index (χ1v) is 29.3. The monoisotopic (exact) mass is 1150 g/mol. The SMILES string of the molecule is CC(=O)NCCCC[C@H](NC(C)=O)C(=O)CC(CCCCN)C(=O)NCC(=O)CC(CCCCN)C(N)=O.CC(=O)NCCCC[C@H](NC(C)=O)C(=O)CC(CCCCN)C(=O)N[C@@H](CCCCN)C(=O)CC(CCCCN)C(N)=O. The second-order valence-electron chi connectivity index (χ2n) is 21.0. The van der Waals surface area contributed by atoms with Crippen molar-refractivity contribution >= 4 is 70.4 Å². The average Bonchev–Trinajstić information content (AvgIpc) is 3.39. The maximum absolute atomic E-state index is 13.6. The predicted molar refractivity (Wildman–Crippen MR) is 311 cm³/mol. The Morgan fingerprint density at radius 3 is 0.951 bits per heavy atom. The molecule has 0 radical (unpaired) electrons. The molecule has 0 bridgehead atoms. The van der Waals surface area contributed by atoms with E-state index in [1.165, 1.54) is 27.7 Å². The van der Waals surface area contributed by atoms with E-state index in [0.29, 0.717) is 174 Å². The molecule has 0 aromatic rings. The maximum atomic E-state index is 13.6. The highest BCUT2D eigenvalue weighted by atomic mass is 16.2. The van der Waals surface area contributed by atoms with Crippen molar-refractivity contribution in [2.45, 2.75) is 206 Å². The van der Waals surface area contributed by atoms with Crippen molar-refractivity contribution in [3.63, 3.8) is 0 Å². The van der Waals surface area contributed by atoms with Gasteiger partial charge in [-0.15, -0.1) is 0 Å². The molecule has 0 aromatic heterocycles. The van der Waals surface area contributed by atoms with E-state index in [2.05, 4.69) is 31.9 Å². The van der Waals surface area contributed by atoms with Gasteiger partial charge in [-0.1, -0.05) is 25.7 Å². The molecule has 0 aliphatic rings. The Labute approximate surface area is 480 Å². The summed E-state index contributed by atoms with van der Waals surface area (Å²) in [5, 5.41) is 16.2. The molecule has 8 amide bonds. The first kappa shape index (κ1) is 77.3. The summed E-state index contributed by atoms with van der Waals surface area (Å²) in [6.45, 7) is 8.44. The van der Waals surface area contributed by atoms with Gasteiger partial charge in [0.15, 0.2) is 23.1 Å². The lowest BCUT2D eigenvalue weighted by molar-refractivity contribution is -0.134. The Balaban J connectivity index is 0. The van der Waals surface area contributed by atoms with Crippen LogP contribution in [0.4, 0.5) is 0 Å². The van der Waals surface area contributed by atoms with E-state index in [1.807, 2.05) is 0 Å². The molecule has 25 heteroatoms. The van der Waals surface area contributed by atoms with Gasteiger partial charge in [-0.2, -0.15) is 0 Å². The quantitative estimate of drug-likeness (QED) is 0.0360. The summed E-state index contributed by atoms with van der Waals surface area (Å²) < 4.78 is 0. The number of carbonyl (C=O) groups excluding carboxylic acids is 12. The molecule has 0 heterocycles. The molecular formula is C56H105N13O12. The molecule has 0 saturated heterocycles. The zero-order chi connectivity index (χ0) is 61.5. The van der Waals surface area contributed by atoms with Crippen LogP contribution in [0.5, 0.6) is 0 Å². The van der Waals surface area contributed by atoms with Crippen LogP contribution in [0.3, 0.4) is 0 Å². The fraction of sp³-hybridized carbons (Fsp3) is 0.786. The van der Waals surface area contributed by atoms with Crippen LogP contribution in [-0.2, 0) is 57.5 Å². The van der Waals surface area contributed by atoms with Gasteiger partial charge in [0.2, 0.25) is 47.3 Å². The minimum atomic E-state index is -0.845. The van der Waals surface area contributed by atoms with Gasteiger partial charge >= 0.3 is 0 Å². The topological polar surface area (TPSA) is 459 Å². The lowest BCUT2D eigenvalue weighted by Gasteiger charge is -2.25. The third-order valence-corrected chi connectivity index (χ3v) is 13.6. The maximum Gasteiger partial charge on any atom is 0.224 e. The highest BCUT2D eigenvalue weighted by Gasteiger charge is 2.32. The highest BCUT2D eigenvalue weighted by Crippen LogP contribution is 2.21. The van der Waals surface area contributed by atoms with E-state index in [9.17, 15) is 57.5 Å². The molecule has 0 aromatic carbocycles. The van der Waals surface area contributed by atoms with Crippen molar-refractivity contribution in [3.8, 4) is 0 Å². The van der Waals surface area contributed by atoms with Crippen LogP contribution >= 0.6 is 0 Å². The van der Waals surface area contributed by atoms with Crippen LogP contribution in [-0.4, -0.2) is 141 Å². The van der Waals surface area contributed by atoms with E-state index >= 15 is 0 Å². The number of nitrogens with one attached hydrogen (secondary N) is 6. The van der Waals surface area contributed by atoms with Crippen molar-refractivity contribution in [2.75, 3.05) is 52.4 Å². The fourth-order valence-corrected chi connectivity index (χ4v) is 9.00. The smallest absolute Gasteiger partial charge is 0.224 e. The normalized spacial score (nSPS) is 13.5. The average molecular weight is 1150 g/mol. The molecule has 4 unspecified atom stereocenters. The zero-order valence-electron chi connectivity index (χ0n) is 49.3. The zero-order valence-corrected chi connectivity index (χ0v) is 49.3. The van der Waals surface area contributed by atoms with Gasteiger partial charge in [0, 0.05) is 90.1 Å². The Hall–Kier alpha value is -5.76. The van der Waals surface area contributed by atoms with Crippen molar-refractivity contribution in [1.82, 2.24) is 31.9 Å². The Kier molecular flexibility index (Phi) is 46.7. The first-order valence-electron chi connectivity index (χ1n) is 29.3. The van der Waals surface area contributed by atoms with Crippen LogP contribution in [0, 0.1) is 23.7 Å². The van der Waals surface area contributed by atoms with E-state index in [0.717, 1.165) is 6.42 Å². The molecule has 0 aliphatic heterocycles. The van der Waals surface area contributed by atoms with Crippen molar-refractivity contribution in [2.24, 2.45) is 63.8 Å². The number of rotatable bonds is 50. The van der Waals surface area contributed by atoms with E-state index in [4.69, 9.17) is 40.1 Å². The van der Waals surface area contributed by atoms with Crippen molar-refractivity contribution in [3.05, 3.63) is 0 Å². The summed E-state index contributed by atoms with van der Waals surface area (Å²) in [5.74, 6) is -6.81. The fourth-order valence-electron chi connectivity index (χ4n) is 9.00. The summed E-state index contributed by atoms with van der Waals surface area (Å²) >= 11 is 0. The molecular weight excluding hydrogens is 1050 g/mol. The standard InChI is InChI=1S/C30H57N7O6.C26H48N6O6/c1-21(38)35-18-10-6-14-25(36-22(2)39)28(41)20-24(12-4-8-16-32)30(43)37-26(13-5-9-17-33)27(40)19-23(29(34)42)11-3-7-15-31;1-18(33)30-14-8-5-11-23(32-19(2)34)24(36)16-21(10-4-7-13-28)26(38)31-17-22(35)15-20(25(29)37)9-3-6-12-27/h23-26H,3-20,31-33H2,1-2H3,(H2,34,42)(H,35,38)(H,36,39)(H,37,43);20-21,23H,3-17,27-28H2,1-2H3,(H2,29,37)(H,30,33)(H,31,38)(H,32,34)/t23?,24?,25-,26-;20?,21?,23-/m00/s1. The number of unbranched alkanes of at least 4 members (excludes halogenated alkanes) is 7. The van der Waals surface area contributed by atoms with Gasteiger partial charge in [0.1, 0.15) is 0 Å². The number of primary amides is 2. The Morgan fingerprint density at radius 2 is 0.617 bits per heavy atom. The second-order valence-corrected chi connectivity index (χ2v) is 21.0. The van der Waals surface area contributed by atoms with E-state index < -0.39 is 65.4 Å². The van der Waals surface area contributed by atoms with Gasteiger partial charge in [-0.05, 0) is 142 Å². The van der Waals surface area contributed by atoms with Crippen molar-refractivity contribution in [1.29, 1.82) is 0 Å². The Morgan fingerprint density at radius 1 is 0.321 bits per heavy atom. The molecule has 0 fully saturated rings. The molecule has 0 aliphatic carbocycles. The largest absolute Gasteiger partial charge is 0.369 e. The molecule has 20 N–H and O–H groups in total.